The number of aliphatic carboxylic acids is 1. The molecule has 0 atom stereocenters. The highest BCUT2D eigenvalue weighted by atomic mass is 79.9. The molecule has 0 radical (unpaired) electrons. The third-order valence-corrected chi connectivity index (χ3v) is 6.67. The van der Waals surface area contributed by atoms with Gasteiger partial charge in [0.25, 0.3) is 0 Å². The SMILES string of the molecule is COc1c(C(C)C)cc(Oc2c(Br)cc(CC(=O)O)cc2Br)c(-c2cccc(Cl)c2F)c1CO. The van der Waals surface area contributed by atoms with Crippen molar-refractivity contribution in [3.63, 3.8) is 0 Å². The Balaban J connectivity index is 2.31. The minimum Gasteiger partial charge on any atom is -0.496 e. The fourth-order valence-electron chi connectivity index (χ4n) is 3.71. The predicted octanol–water partition coefficient (Wildman–Crippen LogP) is 7.71. The number of ether oxygens (including phenoxy) is 2. The maximum absolute atomic E-state index is 15.2. The number of hydrogen-bond donors (Lipinski definition) is 2. The normalized spacial score (nSPS) is 11.1. The maximum Gasteiger partial charge on any atom is 0.307 e. The number of hydrogen-bond acceptors (Lipinski definition) is 4. The number of carbonyl (C=O) groups is 1. The number of halogens is 4. The summed E-state index contributed by atoms with van der Waals surface area (Å²) in [5, 5.41) is 19.4. The van der Waals surface area contributed by atoms with E-state index in [1.54, 1.807) is 30.3 Å². The monoisotopic (exact) mass is 614 g/mol. The molecule has 3 aromatic carbocycles. The number of carboxylic acid groups (broad SMARTS) is 1. The summed E-state index contributed by atoms with van der Waals surface area (Å²) in [4.78, 5) is 11.1. The fraction of sp³-hybridized carbons (Fsp3) is 0.240. The molecule has 0 amide bonds. The Morgan fingerprint density at radius 2 is 1.79 bits per heavy atom. The first kappa shape index (κ1) is 26.5. The molecule has 0 aliphatic rings. The second-order valence-corrected chi connectivity index (χ2v) is 9.94. The Morgan fingerprint density at radius 1 is 1.15 bits per heavy atom. The molecule has 34 heavy (non-hydrogen) atoms. The van der Waals surface area contributed by atoms with E-state index in [2.05, 4.69) is 31.9 Å². The van der Waals surface area contributed by atoms with Gasteiger partial charge in [0.05, 0.1) is 34.1 Å². The van der Waals surface area contributed by atoms with Crippen LogP contribution in [0.1, 0.15) is 36.5 Å². The van der Waals surface area contributed by atoms with E-state index in [0.717, 1.165) is 5.56 Å². The summed E-state index contributed by atoms with van der Waals surface area (Å²) < 4.78 is 28.1. The number of aliphatic hydroxyl groups excluding tert-OH is 1. The molecular formula is C25H22Br2ClFO5. The molecule has 0 unspecified atom stereocenters. The minimum atomic E-state index is -0.962. The minimum absolute atomic E-state index is 0.00526. The van der Waals surface area contributed by atoms with Crippen molar-refractivity contribution in [3.05, 3.63) is 72.9 Å². The molecular weight excluding hydrogens is 595 g/mol. The number of methoxy groups -OCH3 is 1. The molecule has 180 valence electrons. The average Bonchev–Trinajstić information content (AvgIpc) is 2.76. The van der Waals surface area contributed by atoms with E-state index in [0.29, 0.717) is 37.1 Å². The van der Waals surface area contributed by atoms with Crippen molar-refractivity contribution in [2.45, 2.75) is 32.8 Å². The lowest BCUT2D eigenvalue weighted by Crippen LogP contribution is -2.05. The van der Waals surface area contributed by atoms with Crippen molar-refractivity contribution in [1.82, 2.24) is 0 Å². The van der Waals surface area contributed by atoms with E-state index >= 15 is 4.39 Å². The predicted molar refractivity (Wildman–Crippen MR) is 137 cm³/mol. The molecule has 0 bridgehead atoms. The van der Waals surface area contributed by atoms with Crippen molar-refractivity contribution in [2.75, 3.05) is 7.11 Å². The van der Waals surface area contributed by atoms with Gasteiger partial charge >= 0.3 is 5.97 Å². The Labute approximate surface area is 218 Å². The summed E-state index contributed by atoms with van der Waals surface area (Å²) in [5.41, 5.74) is 2.14. The highest BCUT2D eigenvalue weighted by Gasteiger charge is 2.26. The second-order valence-electron chi connectivity index (χ2n) is 7.83. The summed E-state index contributed by atoms with van der Waals surface area (Å²) >= 11 is 13.0. The zero-order chi connectivity index (χ0) is 25.2. The van der Waals surface area contributed by atoms with Gasteiger partial charge in [-0.1, -0.05) is 37.6 Å². The molecule has 0 fully saturated rings. The van der Waals surface area contributed by atoms with Crippen LogP contribution >= 0.6 is 43.5 Å². The van der Waals surface area contributed by atoms with E-state index < -0.39 is 18.4 Å². The Morgan fingerprint density at radius 3 is 2.32 bits per heavy atom. The van der Waals surface area contributed by atoms with Gasteiger partial charge in [0.2, 0.25) is 0 Å². The van der Waals surface area contributed by atoms with Crippen LogP contribution in [0.25, 0.3) is 11.1 Å². The van der Waals surface area contributed by atoms with Crippen molar-refractivity contribution >= 4 is 49.4 Å². The molecule has 0 aliphatic carbocycles. The van der Waals surface area contributed by atoms with Crippen LogP contribution in [0.2, 0.25) is 5.02 Å². The maximum atomic E-state index is 15.2. The zero-order valence-electron chi connectivity index (χ0n) is 18.6. The molecule has 0 heterocycles. The molecule has 2 N–H and O–H groups in total. The summed E-state index contributed by atoms with van der Waals surface area (Å²) in [6.45, 7) is 3.51. The number of rotatable bonds is 8. The fourth-order valence-corrected chi connectivity index (χ4v) is 5.32. The van der Waals surface area contributed by atoms with Crippen LogP contribution in [0.3, 0.4) is 0 Å². The van der Waals surface area contributed by atoms with E-state index in [1.807, 2.05) is 13.8 Å². The first-order valence-electron chi connectivity index (χ1n) is 10.3. The number of carboxylic acids is 1. The van der Waals surface area contributed by atoms with E-state index in [-0.39, 0.29) is 28.7 Å². The molecule has 0 spiro atoms. The van der Waals surface area contributed by atoms with Gasteiger partial charge in [-0.15, -0.1) is 0 Å². The largest absolute Gasteiger partial charge is 0.496 e. The number of benzene rings is 3. The van der Waals surface area contributed by atoms with Gasteiger partial charge in [-0.3, -0.25) is 4.79 Å². The Bertz CT molecular complexity index is 1220. The van der Waals surface area contributed by atoms with Gasteiger partial charge in [-0.05, 0) is 67.6 Å². The molecule has 0 aromatic heterocycles. The van der Waals surface area contributed by atoms with Gasteiger partial charge in [0.1, 0.15) is 17.3 Å². The summed E-state index contributed by atoms with van der Waals surface area (Å²) in [5.74, 6) is -0.531. The molecule has 0 aliphatic heterocycles. The molecule has 0 saturated heterocycles. The van der Waals surface area contributed by atoms with Crippen LogP contribution in [0, 0.1) is 5.82 Å². The Hall–Kier alpha value is -2.13. The van der Waals surface area contributed by atoms with Crippen molar-refractivity contribution in [1.29, 1.82) is 0 Å². The van der Waals surface area contributed by atoms with Crippen LogP contribution < -0.4 is 9.47 Å². The Kier molecular flexibility index (Phi) is 8.62. The van der Waals surface area contributed by atoms with E-state index in [9.17, 15) is 9.90 Å². The lowest BCUT2D eigenvalue weighted by molar-refractivity contribution is -0.136. The zero-order valence-corrected chi connectivity index (χ0v) is 22.5. The smallest absolute Gasteiger partial charge is 0.307 e. The highest BCUT2D eigenvalue weighted by Crippen LogP contribution is 2.48. The summed E-state index contributed by atoms with van der Waals surface area (Å²) in [6.07, 6.45) is -0.162. The van der Waals surface area contributed by atoms with Crippen LogP contribution in [-0.4, -0.2) is 23.3 Å². The van der Waals surface area contributed by atoms with Gasteiger partial charge < -0.3 is 19.7 Å². The lowest BCUT2D eigenvalue weighted by atomic mass is 9.91. The molecule has 0 saturated carbocycles. The number of aliphatic hydroxyl groups is 1. The first-order chi connectivity index (χ1) is 16.1. The van der Waals surface area contributed by atoms with Crippen LogP contribution in [0.15, 0.2) is 45.3 Å². The summed E-state index contributed by atoms with van der Waals surface area (Å²) in [7, 11) is 1.49. The van der Waals surface area contributed by atoms with Crippen molar-refractivity contribution in [3.8, 4) is 28.4 Å². The molecule has 3 rings (SSSR count). The van der Waals surface area contributed by atoms with E-state index in [1.165, 1.54) is 13.2 Å². The first-order valence-corrected chi connectivity index (χ1v) is 12.2. The van der Waals surface area contributed by atoms with Crippen molar-refractivity contribution in [2.24, 2.45) is 0 Å². The van der Waals surface area contributed by atoms with Crippen LogP contribution in [0.4, 0.5) is 4.39 Å². The van der Waals surface area contributed by atoms with Crippen LogP contribution in [-0.2, 0) is 17.8 Å². The molecule has 3 aromatic rings. The lowest BCUT2D eigenvalue weighted by Gasteiger charge is -2.23. The molecule has 9 heteroatoms. The standard InChI is InChI=1S/C25H22Br2ClFO5/c1-12(2)15-10-20(34-25-17(26)7-13(8-18(25)27)9-21(31)32)22(16(11-30)24(15)33-3)14-5-4-6-19(28)23(14)29/h4-8,10,12,30H,9,11H2,1-3H3,(H,31,32). The van der Waals surface area contributed by atoms with Gasteiger partial charge in [-0.2, -0.15) is 0 Å². The average molecular weight is 617 g/mol. The van der Waals surface area contributed by atoms with Gasteiger partial charge in [-0.25, -0.2) is 4.39 Å². The third-order valence-electron chi connectivity index (χ3n) is 5.20. The quantitative estimate of drug-likeness (QED) is 0.271. The second kappa shape index (κ2) is 11.1. The van der Waals surface area contributed by atoms with Crippen LogP contribution in [0.5, 0.6) is 17.2 Å². The topological polar surface area (TPSA) is 76.0 Å². The van der Waals surface area contributed by atoms with Gasteiger partial charge in [0, 0.05) is 22.3 Å². The van der Waals surface area contributed by atoms with Crippen molar-refractivity contribution < 1.29 is 28.9 Å². The summed E-state index contributed by atoms with van der Waals surface area (Å²) in [6, 6.07) is 9.65. The molecule has 5 nitrogen and oxygen atoms in total. The van der Waals surface area contributed by atoms with E-state index in [4.69, 9.17) is 26.2 Å². The third kappa shape index (κ3) is 5.40. The highest BCUT2D eigenvalue weighted by molar-refractivity contribution is 9.11. The van der Waals surface area contributed by atoms with Gasteiger partial charge in [0.15, 0.2) is 5.75 Å².